The topological polar surface area (TPSA) is 54.3 Å². The van der Waals surface area contributed by atoms with Gasteiger partial charge >= 0.3 is 0 Å². The average Bonchev–Trinajstić information content (AvgIpc) is 3.05. The molecule has 0 aliphatic carbocycles. The molecule has 0 radical (unpaired) electrons. The van der Waals surface area contributed by atoms with Crippen LogP contribution in [0.4, 0.5) is 5.69 Å². The van der Waals surface area contributed by atoms with Crippen LogP contribution in [0.5, 0.6) is 0 Å². The molecule has 142 valence electrons. The van der Waals surface area contributed by atoms with E-state index in [4.69, 9.17) is 14.5 Å². The monoisotopic (exact) mass is 430 g/mol. The predicted octanol–water partition coefficient (Wildman–Crippen LogP) is 3.90. The summed E-state index contributed by atoms with van der Waals surface area (Å²) in [6.45, 7) is 0.534. The first-order valence-electron chi connectivity index (χ1n) is 9.09. The molecule has 0 aromatic heterocycles. The molecule has 2 heterocycles. The van der Waals surface area contributed by atoms with Gasteiger partial charge in [-0.1, -0.05) is 28.1 Å². The number of ether oxygens (including phenoxy) is 2. The number of benzene rings is 2. The van der Waals surface area contributed by atoms with Crippen LogP contribution in [0.25, 0.3) is 0 Å². The van der Waals surface area contributed by atoms with Crippen LogP contribution in [0.1, 0.15) is 30.0 Å². The van der Waals surface area contributed by atoms with E-state index >= 15 is 0 Å². The molecule has 2 aliphatic rings. The van der Waals surface area contributed by atoms with Crippen molar-refractivity contribution in [3.05, 3.63) is 64.1 Å². The first-order valence-corrected chi connectivity index (χ1v) is 9.88. The van der Waals surface area contributed by atoms with Crippen LogP contribution in [-0.4, -0.2) is 43.6 Å². The average molecular weight is 431 g/mol. The third-order valence-corrected chi connectivity index (χ3v) is 5.75. The van der Waals surface area contributed by atoms with Gasteiger partial charge in [0.25, 0.3) is 0 Å². The fourth-order valence-corrected chi connectivity index (χ4v) is 3.97. The molecule has 1 fully saturated rings. The number of rotatable bonds is 3. The molecule has 4 rings (SSSR count). The highest BCUT2D eigenvalue weighted by Crippen LogP contribution is 2.47. The summed E-state index contributed by atoms with van der Waals surface area (Å²) in [5.74, 6) is 0.553. The van der Waals surface area contributed by atoms with Gasteiger partial charge in [-0.05, 0) is 54.8 Å². The lowest BCUT2D eigenvalue weighted by molar-refractivity contribution is -0.233. The summed E-state index contributed by atoms with van der Waals surface area (Å²) in [6.07, 6.45) is 0.506. The second-order valence-corrected chi connectivity index (χ2v) is 8.13. The summed E-state index contributed by atoms with van der Waals surface area (Å²) >= 11 is 3.48. The van der Waals surface area contributed by atoms with Crippen molar-refractivity contribution in [2.24, 2.45) is 4.99 Å². The second-order valence-electron chi connectivity index (χ2n) is 7.21. The number of aliphatic hydroxyl groups is 1. The van der Waals surface area contributed by atoms with E-state index in [1.165, 1.54) is 0 Å². The summed E-state index contributed by atoms with van der Waals surface area (Å²) < 4.78 is 12.9. The normalized spacial score (nSPS) is 27.3. The smallest absolute Gasteiger partial charge is 0.217 e. The van der Waals surface area contributed by atoms with E-state index in [-0.39, 0.29) is 6.04 Å². The largest absolute Gasteiger partial charge is 0.463 e. The number of aliphatic hydroxyl groups excluding tert-OH is 1. The molecule has 6 heteroatoms. The van der Waals surface area contributed by atoms with E-state index in [1.54, 1.807) is 0 Å². The maximum atomic E-state index is 10.7. The first kappa shape index (κ1) is 18.5. The van der Waals surface area contributed by atoms with Crippen LogP contribution in [0.15, 0.2) is 58.0 Å². The Hall–Kier alpha value is -1.89. The van der Waals surface area contributed by atoms with Gasteiger partial charge in [-0.3, -0.25) is 0 Å². The standard InChI is InChI=1S/C21H23BrN2O3/c1-24(2)17-10-6-15(7-11-17)19-23-18(14-4-8-16(22)9-5-14)21(27-19)12-3-13-26-20(21)25/h4-11,18,20,25H,3,12-13H2,1-2H3/t18-,20-,21+/m0/s1. The molecular weight excluding hydrogens is 408 g/mol. The lowest BCUT2D eigenvalue weighted by atomic mass is 9.83. The molecule has 2 aromatic carbocycles. The number of nitrogens with zero attached hydrogens (tertiary/aromatic N) is 2. The van der Waals surface area contributed by atoms with Crippen molar-refractivity contribution in [3.63, 3.8) is 0 Å². The van der Waals surface area contributed by atoms with Crippen LogP contribution in [0.2, 0.25) is 0 Å². The van der Waals surface area contributed by atoms with E-state index in [9.17, 15) is 5.11 Å². The molecule has 27 heavy (non-hydrogen) atoms. The predicted molar refractivity (Wildman–Crippen MR) is 109 cm³/mol. The third kappa shape index (κ3) is 3.37. The summed E-state index contributed by atoms with van der Waals surface area (Å²) in [4.78, 5) is 6.93. The van der Waals surface area contributed by atoms with Crippen LogP contribution in [0.3, 0.4) is 0 Å². The Bertz CT molecular complexity index is 836. The second kappa shape index (κ2) is 7.26. The van der Waals surface area contributed by atoms with Gasteiger partial charge < -0.3 is 19.5 Å². The quantitative estimate of drug-likeness (QED) is 0.801. The number of hydrogen-bond donors (Lipinski definition) is 1. The van der Waals surface area contributed by atoms with E-state index in [0.29, 0.717) is 18.9 Å². The maximum Gasteiger partial charge on any atom is 0.217 e. The zero-order valence-electron chi connectivity index (χ0n) is 15.4. The van der Waals surface area contributed by atoms with Crippen molar-refractivity contribution in [3.8, 4) is 0 Å². The van der Waals surface area contributed by atoms with Crippen LogP contribution >= 0.6 is 15.9 Å². The highest BCUT2D eigenvalue weighted by Gasteiger charge is 2.55. The van der Waals surface area contributed by atoms with E-state index in [1.807, 2.05) is 67.5 Å². The molecule has 3 atom stereocenters. The third-order valence-electron chi connectivity index (χ3n) is 5.22. The van der Waals surface area contributed by atoms with Gasteiger partial charge in [0.15, 0.2) is 11.9 Å². The Morgan fingerprint density at radius 2 is 1.81 bits per heavy atom. The molecule has 0 bridgehead atoms. The van der Waals surface area contributed by atoms with Crippen LogP contribution in [-0.2, 0) is 9.47 Å². The minimum atomic E-state index is -1.01. The van der Waals surface area contributed by atoms with Crippen molar-refractivity contribution in [2.45, 2.75) is 30.8 Å². The molecule has 1 spiro atoms. The molecular formula is C21H23BrN2O3. The Morgan fingerprint density at radius 1 is 1.11 bits per heavy atom. The van der Waals surface area contributed by atoms with Gasteiger partial charge in [0.1, 0.15) is 6.04 Å². The Kier molecular flexibility index (Phi) is 4.97. The van der Waals surface area contributed by atoms with Gasteiger partial charge in [0, 0.05) is 29.8 Å². The molecule has 2 aromatic rings. The van der Waals surface area contributed by atoms with Gasteiger partial charge in [-0.25, -0.2) is 4.99 Å². The number of hydrogen-bond acceptors (Lipinski definition) is 5. The fraction of sp³-hybridized carbons (Fsp3) is 0.381. The van der Waals surface area contributed by atoms with Gasteiger partial charge in [0.05, 0.1) is 6.61 Å². The molecule has 5 nitrogen and oxygen atoms in total. The molecule has 1 N–H and O–H groups in total. The lowest BCUT2D eigenvalue weighted by Crippen LogP contribution is -2.51. The minimum absolute atomic E-state index is 0.315. The van der Waals surface area contributed by atoms with Crippen molar-refractivity contribution in [1.82, 2.24) is 0 Å². The molecule has 0 amide bonds. The first-order chi connectivity index (χ1) is 13.0. The van der Waals surface area contributed by atoms with Crippen molar-refractivity contribution in [2.75, 3.05) is 25.6 Å². The zero-order valence-corrected chi connectivity index (χ0v) is 17.0. The van der Waals surface area contributed by atoms with Crippen molar-refractivity contribution < 1.29 is 14.6 Å². The Balaban J connectivity index is 1.73. The highest BCUT2D eigenvalue weighted by atomic mass is 79.9. The van der Waals surface area contributed by atoms with E-state index < -0.39 is 11.9 Å². The molecule has 0 unspecified atom stereocenters. The number of halogens is 1. The van der Waals surface area contributed by atoms with E-state index in [2.05, 4.69) is 15.9 Å². The SMILES string of the molecule is CN(C)c1ccc(C2=N[C@@H](c3ccc(Br)cc3)[C@@]3(CCCO[C@@H]3O)O2)cc1. The maximum absolute atomic E-state index is 10.7. The zero-order chi connectivity index (χ0) is 19.0. The summed E-state index contributed by atoms with van der Waals surface area (Å²) in [6, 6.07) is 15.8. The fourth-order valence-electron chi connectivity index (χ4n) is 3.71. The summed E-state index contributed by atoms with van der Waals surface area (Å²) in [7, 11) is 4.01. The minimum Gasteiger partial charge on any atom is -0.463 e. The number of aliphatic imine (C=N–C) groups is 1. The summed E-state index contributed by atoms with van der Waals surface area (Å²) in [5.41, 5.74) is 2.12. The molecule has 0 saturated carbocycles. The van der Waals surface area contributed by atoms with Crippen molar-refractivity contribution >= 4 is 27.5 Å². The highest BCUT2D eigenvalue weighted by molar-refractivity contribution is 9.10. The molecule has 2 aliphatic heterocycles. The summed E-state index contributed by atoms with van der Waals surface area (Å²) in [5, 5.41) is 10.7. The lowest BCUT2D eigenvalue weighted by Gasteiger charge is -2.40. The van der Waals surface area contributed by atoms with Gasteiger partial charge in [-0.2, -0.15) is 0 Å². The van der Waals surface area contributed by atoms with E-state index in [0.717, 1.165) is 27.7 Å². The van der Waals surface area contributed by atoms with Gasteiger partial charge in [-0.15, -0.1) is 0 Å². The Morgan fingerprint density at radius 3 is 2.44 bits per heavy atom. The van der Waals surface area contributed by atoms with Crippen molar-refractivity contribution in [1.29, 1.82) is 0 Å². The van der Waals surface area contributed by atoms with Crippen LogP contribution in [0, 0.1) is 0 Å². The van der Waals surface area contributed by atoms with Crippen LogP contribution < -0.4 is 4.90 Å². The number of anilines is 1. The van der Waals surface area contributed by atoms with Gasteiger partial charge in [0.2, 0.25) is 5.90 Å². The Labute approximate surface area is 167 Å². The molecule has 1 saturated heterocycles.